The zero-order valence-corrected chi connectivity index (χ0v) is 12.6. The summed E-state index contributed by atoms with van der Waals surface area (Å²) in [6.45, 7) is -2.87. The lowest BCUT2D eigenvalue weighted by molar-refractivity contribution is 0.269. The van der Waals surface area contributed by atoms with Crippen LogP contribution in [0.2, 0.25) is 0 Å². The van der Waals surface area contributed by atoms with Crippen molar-refractivity contribution in [3.05, 3.63) is 52.8 Å². The van der Waals surface area contributed by atoms with Gasteiger partial charge in [-0.1, -0.05) is 18.2 Å². The first-order valence-electron chi connectivity index (χ1n) is 5.65. The van der Waals surface area contributed by atoms with Gasteiger partial charge in [-0.25, -0.2) is 0 Å². The fourth-order valence-electron chi connectivity index (χ4n) is 1.46. The second-order valence-corrected chi connectivity index (χ2v) is 6.81. The summed E-state index contributed by atoms with van der Waals surface area (Å²) in [7, 11) is 2.80. The van der Waals surface area contributed by atoms with Gasteiger partial charge in [0.25, 0.3) is 5.56 Å². The molecule has 2 rings (SSSR count). The van der Waals surface area contributed by atoms with Gasteiger partial charge >= 0.3 is 6.72 Å². The van der Waals surface area contributed by atoms with E-state index in [2.05, 4.69) is 5.10 Å². The Kier molecular flexibility index (Phi) is 4.67. The molecule has 106 valence electrons. The summed E-state index contributed by atoms with van der Waals surface area (Å²) in [5.74, 6) is 0.167. The van der Waals surface area contributed by atoms with Crippen LogP contribution >= 0.6 is 6.72 Å². The Labute approximate surface area is 121 Å². The maximum Gasteiger partial charge on any atom is 0.381 e. The van der Waals surface area contributed by atoms with Crippen molar-refractivity contribution < 1.29 is 13.6 Å². The van der Waals surface area contributed by atoms with E-state index >= 15 is 0 Å². The van der Waals surface area contributed by atoms with Crippen LogP contribution in [0.3, 0.4) is 0 Å². The lowest BCUT2D eigenvalue weighted by atomic mass is 10.3. The molecule has 0 aliphatic rings. The van der Waals surface area contributed by atoms with Crippen molar-refractivity contribution in [2.24, 2.45) is 0 Å². The van der Waals surface area contributed by atoms with Crippen LogP contribution in [0, 0.1) is 0 Å². The first kappa shape index (κ1) is 14.9. The molecule has 1 aromatic heterocycles. The molecule has 0 aliphatic carbocycles. The maximum absolute atomic E-state index is 11.8. The first-order valence-corrected chi connectivity index (χ1v) is 8.20. The number of para-hydroxylation sites is 1. The Morgan fingerprint density at radius 2 is 1.75 bits per heavy atom. The summed E-state index contributed by atoms with van der Waals surface area (Å²) < 4.78 is 16.7. The molecule has 6 nitrogen and oxygen atoms in total. The minimum atomic E-state index is -2.87. The van der Waals surface area contributed by atoms with Crippen LogP contribution < -0.4 is 10.1 Å². The fourth-order valence-corrected chi connectivity index (χ4v) is 2.31. The fraction of sp³-hybridized carbons (Fsp3) is 0.167. The van der Waals surface area contributed by atoms with Crippen LogP contribution in [0.5, 0.6) is 5.88 Å². The molecule has 0 saturated heterocycles. The third-order valence-electron chi connectivity index (χ3n) is 2.43. The predicted molar refractivity (Wildman–Crippen MR) is 78.8 cm³/mol. The molecule has 0 saturated carbocycles. The Balaban J connectivity index is 2.40. The number of aromatic nitrogens is 2. The molecule has 0 amide bonds. The van der Waals surface area contributed by atoms with Gasteiger partial charge in [-0.3, -0.25) is 4.79 Å². The second kappa shape index (κ2) is 6.28. The van der Waals surface area contributed by atoms with Crippen LogP contribution in [0.25, 0.3) is 5.69 Å². The lowest BCUT2D eigenvalue weighted by Gasteiger charge is -2.17. The van der Waals surface area contributed by atoms with Crippen molar-refractivity contribution in [2.75, 3.05) is 14.2 Å². The van der Waals surface area contributed by atoms with Crippen LogP contribution in [0.1, 0.15) is 0 Å². The molecule has 0 atom stereocenters. The molecule has 0 aliphatic heterocycles. The summed E-state index contributed by atoms with van der Waals surface area (Å²) in [4.78, 5) is 11.8. The van der Waals surface area contributed by atoms with Gasteiger partial charge in [0.15, 0.2) is 0 Å². The minimum Gasteiger partial charge on any atom is -0.404 e. The van der Waals surface area contributed by atoms with Gasteiger partial charge in [-0.05, 0) is 12.1 Å². The van der Waals surface area contributed by atoms with E-state index in [1.165, 1.54) is 31.0 Å². The molecular formula is C12H13N2O4PS. The normalized spacial score (nSPS) is 11.3. The average molecular weight is 312 g/mol. The Bertz CT molecular complexity index is 681. The summed E-state index contributed by atoms with van der Waals surface area (Å²) in [6.07, 6.45) is 0. The van der Waals surface area contributed by atoms with E-state index in [0.717, 1.165) is 0 Å². The van der Waals surface area contributed by atoms with Gasteiger partial charge in [-0.2, -0.15) is 4.68 Å². The highest BCUT2D eigenvalue weighted by molar-refractivity contribution is 8.07. The number of hydrogen-bond acceptors (Lipinski definition) is 6. The third-order valence-corrected chi connectivity index (χ3v) is 4.85. The van der Waals surface area contributed by atoms with E-state index in [4.69, 9.17) is 25.4 Å². The summed E-state index contributed by atoms with van der Waals surface area (Å²) in [5.41, 5.74) is 0.359. The Morgan fingerprint density at radius 3 is 2.35 bits per heavy atom. The van der Waals surface area contributed by atoms with Gasteiger partial charge in [0.2, 0.25) is 5.88 Å². The molecule has 0 spiro atoms. The molecule has 1 aromatic carbocycles. The lowest BCUT2D eigenvalue weighted by Crippen LogP contribution is -2.20. The van der Waals surface area contributed by atoms with E-state index in [1.807, 2.05) is 18.2 Å². The first-order chi connectivity index (χ1) is 9.58. The van der Waals surface area contributed by atoms with Crippen molar-refractivity contribution in [2.45, 2.75) is 0 Å². The highest BCUT2D eigenvalue weighted by atomic mass is 32.5. The largest absolute Gasteiger partial charge is 0.404 e. The van der Waals surface area contributed by atoms with Gasteiger partial charge in [0, 0.05) is 38.2 Å². The van der Waals surface area contributed by atoms with E-state index in [1.54, 1.807) is 12.1 Å². The molecule has 2 aromatic rings. The second-order valence-electron chi connectivity index (χ2n) is 3.66. The molecule has 0 radical (unpaired) electrons. The van der Waals surface area contributed by atoms with Crippen molar-refractivity contribution in [3.8, 4) is 11.6 Å². The van der Waals surface area contributed by atoms with Crippen LogP contribution in [0.4, 0.5) is 0 Å². The monoisotopic (exact) mass is 312 g/mol. The van der Waals surface area contributed by atoms with Crippen molar-refractivity contribution >= 4 is 18.5 Å². The molecule has 0 unspecified atom stereocenters. The highest BCUT2D eigenvalue weighted by Crippen LogP contribution is 2.47. The smallest absolute Gasteiger partial charge is 0.381 e. The molecule has 0 N–H and O–H groups in total. The summed E-state index contributed by atoms with van der Waals surface area (Å²) >= 11 is 5.10. The molecule has 0 bridgehead atoms. The van der Waals surface area contributed by atoms with Crippen molar-refractivity contribution in [1.29, 1.82) is 0 Å². The van der Waals surface area contributed by atoms with Crippen molar-refractivity contribution in [3.63, 3.8) is 0 Å². The van der Waals surface area contributed by atoms with E-state index in [-0.39, 0.29) is 11.4 Å². The van der Waals surface area contributed by atoms with E-state index in [0.29, 0.717) is 5.69 Å². The standard InChI is InChI=1S/C12H13N2O4PS/c1-16-19(20,17-2)18-11-8-9-12(15)14(13-11)10-6-4-3-5-7-10/h3-9H,1-2H3. The van der Waals surface area contributed by atoms with E-state index in [9.17, 15) is 4.79 Å². The van der Waals surface area contributed by atoms with Gasteiger partial charge in [0.1, 0.15) is 0 Å². The zero-order valence-electron chi connectivity index (χ0n) is 10.9. The predicted octanol–water partition coefficient (Wildman–Crippen LogP) is 2.13. The SMILES string of the molecule is COP(=S)(OC)Oc1ccc(=O)n(-c2ccccc2)n1. The van der Waals surface area contributed by atoms with Gasteiger partial charge < -0.3 is 13.6 Å². The van der Waals surface area contributed by atoms with Crippen LogP contribution in [-0.2, 0) is 20.9 Å². The summed E-state index contributed by atoms with van der Waals surface area (Å²) in [5, 5.41) is 4.11. The topological polar surface area (TPSA) is 62.6 Å². The van der Waals surface area contributed by atoms with E-state index < -0.39 is 6.72 Å². The number of nitrogens with zero attached hydrogens (tertiary/aromatic N) is 2. The van der Waals surface area contributed by atoms with Crippen molar-refractivity contribution in [1.82, 2.24) is 9.78 Å². The van der Waals surface area contributed by atoms with Gasteiger partial charge in [-0.15, -0.1) is 5.10 Å². The highest BCUT2D eigenvalue weighted by Gasteiger charge is 2.19. The zero-order chi connectivity index (χ0) is 14.6. The number of hydrogen-bond donors (Lipinski definition) is 0. The number of benzene rings is 1. The molecule has 20 heavy (non-hydrogen) atoms. The number of rotatable bonds is 5. The molecule has 1 heterocycles. The minimum absolute atomic E-state index is 0.167. The maximum atomic E-state index is 11.8. The van der Waals surface area contributed by atoms with Crippen LogP contribution in [-0.4, -0.2) is 24.0 Å². The third kappa shape index (κ3) is 3.32. The summed E-state index contributed by atoms with van der Waals surface area (Å²) in [6, 6.07) is 11.8. The quantitative estimate of drug-likeness (QED) is 0.788. The van der Waals surface area contributed by atoms with Crippen LogP contribution in [0.15, 0.2) is 47.3 Å². The Hall–Kier alpha value is -1.53. The molecular weight excluding hydrogens is 299 g/mol. The van der Waals surface area contributed by atoms with Gasteiger partial charge in [0.05, 0.1) is 5.69 Å². The molecule has 0 fully saturated rings. The average Bonchev–Trinajstić information content (AvgIpc) is 2.50. The molecule has 8 heteroatoms. The Morgan fingerprint density at radius 1 is 1.10 bits per heavy atom.